The van der Waals surface area contributed by atoms with E-state index >= 15 is 0 Å². The Morgan fingerprint density at radius 1 is 1.29 bits per heavy atom. The molecular weight excluding hydrogens is 362 g/mol. The Morgan fingerprint density at radius 2 is 2.17 bits per heavy atom. The van der Waals surface area contributed by atoms with Gasteiger partial charge in [0, 0.05) is 33.7 Å². The molecule has 2 N–H and O–H groups in total. The van der Waals surface area contributed by atoms with Crippen molar-refractivity contribution in [3.63, 3.8) is 0 Å². The van der Waals surface area contributed by atoms with E-state index in [2.05, 4.69) is 43.5 Å². The van der Waals surface area contributed by atoms with Crippen molar-refractivity contribution in [2.24, 2.45) is 7.05 Å². The lowest BCUT2D eigenvalue weighted by molar-refractivity contribution is -0.671. The smallest absolute Gasteiger partial charge is 0.221 e. The molecule has 7 nitrogen and oxygen atoms in total. The van der Waals surface area contributed by atoms with Gasteiger partial charge in [-0.15, -0.1) is 33.3 Å². The predicted octanol–water partition coefficient (Wildman–Crippen LogP) is 1.90. The number of nitrogens with one attached hydrogen (secondary N) is 2. The van der Waals surface area contributed by atoms with E-state index in [1.807, 2.05) is 35.8 Å². The third-order valence-corrected chi connectivity index (χ3v) is 6.46. The number of tetrazole rings is 1. The van der Waals surface area contributed by atoms with Crippen LogP contribution in [-0.2, 0) is 7.05 Å². The van der Waals surface area contributed by atoms with Gasteiger partial charge in [0.05, 0.1) is 17.3 Å². The molecule has 0 fully saturated rings. The molecule has 0 saturated heterocycles. The van der Waals surface area contributed by atoms with Crippen LogP contribution in [0.1, 0.15) is 5.82 Å². The Kier molecular flexibility index (Phi) is 4.50. The Bertz CT molecular complexity index is 855. The summed E-state index contributed by atoms with van der Waals surface area (Å²) in [6.45, 7) is 0. The van der Waals surface area contributed by atoms with Crippen molar-refractivity contribution in [1.29, 1.82) is 0 Å². The molecule has 0 bridgehead atoms. The van der Waals surface area contributed by atoms with Crippen LogP contribution in [0.2, 0.25) is 0 Å². The van der Waals surface area contributed by atoms with Crippen molar-refractivity contribution >= 4 is 40.6 Å². The van der Waals surface area contributed by atoms with Crippen LogP contribution in [0, 0.1) is 0 Å². The number of thiazole rings is 1. The molecule has 10 heteroatoms. The van der Waals surface area contributed by atoms with Gasteiger partial charge in [-0.3, -0.25) is 0 Å². The van der Waals surface area contributed by atoms with Gasteiger partial charge in [0.25, 0.3) is 0 Å². The second-order valence-corrected chi connectivity index (χ2v) is 8.24. The number of rotatable bonds is 4. The summed E-state index contributed by atoms with van der Waals surface area (Å²) in [5.41, 5.74) is 3.07. The molecule has 0 saturated carbocycles. The van der Waals surface area contributed by atoms with Gasteiger partial charge in [-0.05, 0) is 5.21 Å². The average Bonchev–Trinajstić information content (AvgIpc) is 3.28. The molecule has 3 aromatic rings. The number of H-pyrrole nitrogens is 1. The van der Waals surface area contributed by atoms with Gasteiger partial charge in [-0.25, -0.2) is 9.55 Å². The Hall–Kier alpha value is -1.91. The number of hydrogen-bond donors (Lipinski definition) is 2. The van der Waals surface area contributed by atoms with E-state index in [1.165, 1.54) is 4.91 Å². The minimum absolute atomic E-state index is 0.602. The van der Waals surface area contributed by atoms with Crippen LogP contribution >= 0.6 is 34.9 Å². The molecule has 1 aliphatic heterocycles. The average molecular weight is 377 g/mol. The van der Waals surface area contributed by atoms with Gasteiger partial charge in [0.2, 0.25) is 5.82 Å². The number of nitrogens with zero attached hydrogens (tertiary/aromatic N) is 5. The fraction of sp³-hybridized carbons (Fsp3) is 0.214. The normalized spacial score (nSPS) is 14.7. The Labute approximate surface area is 151 Å². The zero-order chi connectivity index (χ0) is 16.4. The number of hydrogen-bond acceptors (Lipinski definition) is 8. The molecule has 0 aliphatic carbocycles. The largest absolute Gasteiger partial charge is 0.372 e. The molecule has 0 unspecified atom stereocenters. The van der Waals surface area contributed by atoms with E-state index in [0.717, 1.165) is 32.9 Å². The molecule has 1 aliphatic rings. The summed E-state index contributed by atoms with van der Waals surface area (Å²) in [4.78, 5) is 5.93. The molecule has 0 aromatic carbocycles. The lowest BCUT2D eigenvalue weighted by Gasteiger charge is -2.18. The fourth-order valence-corrected chi connectivity index (χ4v) is 5.18. The number of aromatic nitrogens is 6. The molecule has 4 rings (SSSR count). The molecule has 0 amide bonds. The summed E-state index contributed by atoms with van der Waals surface area (Å²) in [6, 6.07) is 4.15. The lowest BCUT2D eigenvalue weighted by Crippen LogP contribution is -2.25. The molecule has 122 valence electrons. The SMILES string of the molecule is C[n+]1ccc(-c2csc(SC3=C(c4nn[nH]n4)NCSC3)n2)cc1. The molecule has 24 heavy (non-hydrogen) atoms. The van der Waals surface area contributed by atoms with E-state index < -0.39 is 0 Å². The summed E-state index contributed by atoms with van der Waals surface area (Å²) in [6.07, 6.45) is 4.06. The van der Waals surface area contributed by atoms with Crippen molar-refractivity contribution in [1.82, 2.24) is 30.9 Å². The Balaban J connectivity index is 1.59. The van der Waals surface area contributed by atoms with Crippen LogP contribution in [0.4, 0.5) is 0 Å². The minimum atomic E-state index is 0.602. The van der Waals surface area contributed by atoms with E-state index in [4.69, 9.17) is 4.98 Å². The maximum Gasteiger partial charge on any atom is 0.221 e. The van der Waals surface area contributed by atoms with Crippen molar-refractivity contribution in [3.8, 4) is 11.3 Å². The first-order chi connectivity index (χ1) is 11.8. The first kappa shape index (κ1) is 15.6. The predicted molar refractivity (Wildman–Crippen MR) is 96.1 cm³/mol. The van der Waals surface area contributed by atoms with Crippen LogP contribution in [0.5, 0.6) is 0 Å². The van der Waals surface area contributed by atoms with Crippen LogP contribution in [0.3, 0.4) is 0 Å². The van der Waals surface area contributed by atoms with Gasteiger partial charge < -0.3 is 5.32 Å². The van der Waals surface area contributed by atoms with Crippen LogP contribution in [0.15, 0.2) is 39.2 Å². The van der Waals surface area contributed by atoms with Gasteiger partial charge in [-0.1, -0.05) is 11.8 Å². The van der Waals surface area contributed by atoms with E-state index in [-0.39, 0.29) is 0 Å². The molecule has 3 aromatic heterocycles. The monoisotopic (exact) mass is 376 g/mol. The minimum Gasteiger partial charge on any atom is -0.372 e. The third kappa shape index (κ3) is 3.30. The number of aromatic amines is 1. The highest BCUT2D eigenvalue weighted by molar-refractivity contribution is 8.07. The van der Waals surface area contributed by atoms with Gasteiger partial charge in [0.15, 0.2) is 16.7 Å². The lowest BCUT2D eigenvalue weighted by atomic mass is 10.2. The van der Waals surface area contributed by atoms with Crippen molar-refractivity contribution in [2.75, 3.05) is 11.6 Å². The van der Waals surface area contributed by atoms with Crippen LogP contribution < -0.4 is 9.88 Å². The van der Waals surface area contributed by atoms with Crippen molar-refractivity contribution in [3.05, 3.63) is 40.6 Å². The fourth-order valence-electron chi connectivity index (χ4n) is 2.20. The summed E-state index contributed by atoms with van der Waals surface area (Å²) in [5, 5.41) is 19.8. The molecule has 0 atom stereocenters. The van der Waals surface area contributed by atoms with Crippen LogP contribution in [-0.4, -0.2) is 37.2 Å². The van der Waals surface area contributed by atoms with Crippen molar-refractivity contribution in [2.45, 2.75) is 4.34 Å². The van der Waals surface area contributed by atoms with Crippen LogP contribution in [0.25, 0.3) is 17.0 Å². The first-order valence-electron chi connectivity index (χ1n) is 7.17. The zero-order valence-corrected chi connectivity index (χ0v) is 15.2. The highest BCUT2D eigenvalue weighted by Crippen LogP contribution is 2.38. The second-order valence-electron chi connectivity index (χ2n) is 5.06. The molecule has 4 heterocycles. The van der Waals surface area contributed by atoms with E-state index in [0.29, 0.717) is 5.82 Å². The second kappa shape index (κ2) is 6.91. The maximum atomic E-state index is 4.76. The number of thioether (sulfide) groups is 2. The van der Waals surface area contributed by atoms with Gasteiger partial charge in [0.1, 0.15) is 7.05 Å². The standard InChI is InChI=1S/C14H14N7S3/c1-21-4-2-9(3-5-21)10-6-23-14(16-10)24-11-7-22-8-15-12(11)13-17-19-20-18-13/h2-6,15H,7-8H2,1H3,(H,17,18,19,20)/q+1. The molecular formula is C14H14N7S3+. The van der Waals surface area contributed by atoms with Gasteiger partial charge >= 0.3 is 0 Å². The summed E-state index contributed by atoms with van der Waals surface area (Å²) < 4.78 is 3.02. The maximum absolute atomic E-state index is 4.76. The topological polar surface area (TPSA) is 83.3 Å². The van der Waals surface area contributed by atoms with E-state index in [1.54, 1.807) is 23.1 Å². The highest BCUT2D eigenvalue weighted by Gasteiger charge is 2.20. The van der Waals surface area contributed by atoms with Crippen molar-refractivity contribution < 1.29 is 4.57 Å². The van der Waals surface area contributed by atoms with E-state index in [9.17, 15) is 0 Å². The molecule has 0 radical (unpaired) electrons. The summed E-state index contributed by atoms with van der Waals surface area (Å²) in [7, 11) is 2.01. The number of pyridine rings is 1. The quantitative estimate of drug-likeness (QED) is 0.673. The first-order valence-corrected chi connectivity index (χ1v) is 10.0. The number of aryl methyl sites for hydroxylation is 1. The highest BCUT2D eigenvalue weighted by atomic mass is 32.2. The molecule has 0 spiro atoms. The zero-order valence-electron chi connectivity index (χ0n) is 12.8. The summed E-state index contributed by atoms with van der Waals surface area (Å²) in [5.74, 6) is 2.36. The third-order valence-electron chi connectivity index (χ3n) is 3.40. The summed E-state index contributed by atoms with van der Waals surface area (Å²) >= 11 is 5.14. The van der Waals surface area contributed by atoms with Gasteiger partial charge in [-0.2, -0.15) is 5.21 Å². The Morgan fingerprint density at radius 3 is 2.96 bits per heavy atom.